The van der Waals surface area contributed by atoms with Gasteiger partial charge in [-0.15, -0.1) is 0 Å². The molecule has 0 heterocycles. The van der Waals surface area contributed by atoms with E-state index >= 15 is 0 Å². The molecule has 148 valence electrons. The van der Waals surface area contributed by atoms with Crippen LogP contribution in [0, 0.1) is 0 Å². The van der Waals surface area contributed by atoms with Gasteiger partial charge in [-0.3, -0.25) is 14.4 Å². The van der Waals surface area contributed by atoms with E-state index in [4.69, 9.17) is 0 Å². The lowest BCUT2D eigenvalue weighted by Crippen LogP contribution is -2.50. The van der Waals surface area contributed by atoms with Crippen molar-refractivity contribution >= 4 is 17.7 Å². The quantitative estimate of drug-likeness (QED) is 0.697. The van der Waals surface area contributed by atoms with Crippen molar-refractivity contribution in [2.45, 2.75) is 25.8 Å². The second kappa shape index (κ2) is 10.9. The van der Waals surface area contributed by atoms with E-state index in [2.05, 4.69) is 10.6 Å². The molecule has 0 aliphatic carbocycles. The second-order valence-electron chi connectivity index (χ2n) is 6.63. The van der Waals surface area contributed by atoms with Gasteiger partial charge in [0.1, 0.15) is 6.04 Å². The van der Waals surface area contributed by atoms with Crippen molar-refractivity contribution in [3.8, 4) is 0 Å². The van der Waals surface area contributed by atoms with Crippen LogP contribution in [0.3, 0.4) is 0 Å². The number of hydrogen-bond acceptors (Lipinski definition) is 3. The van der Waals surface area contributed by atoms with Gasteiger partial charge in [0.2, 0.25) is 11.8 Å². The summed E-state index contributed by atoms with van der Waals surface area (Å²) in [5.41, 5.74) is 1.41. The molecular weight excluding hydrogens is 354 g/mol. The minimum atomic E-state index is -0.765. The summed E-state index contributed by atoms with van der Waals surface area (Å²) >= 11 is 0. The van der Waals surface area contributed by atoms with Crippen LogP contribution < -0.4 is 10.6 Å². The Kier molecular flexibility index (Phi) is 8.21. The molecule has 6 heteroatoms. The fraction of sp³-hybridized carbons (Fsp3) is 0.318. The van der Waals surface area contributed by atoms with Crippen molar-refractivity contribution in [2.75, 3.05) is 20.1 Å². The SMILES string of the molecule is CCCNC(=O)CN(C)C(=O)[C@@H](Cc1ccccc1)NC(=O)c1ccccc1. The van der Waals surface area contributed by atoms with Crippen LogP contribution in [0.25, 0.3) is 0 Å². The molecule has 0 saturated heterocycles. The van der Waals surface area contributed by atoms with Gasteiger partial charge in [-0.1, -0.05) is 55.5 Å². The topological polar surface area (TPSA) is 78.5 Å². The highest BCUT2D eigenvalue weighted by Crippen LogP contribution is 2.07. The molecule has 0 bridgehead atoms. The van der Waals surface area contributed by atoms with Gasteiger partial charge in [0.25, 0.3) is 5.91 Å². The number of nitrogens with one attached hydrogen (secondary N) is 2. The summed E-state index contributed by atoms with van der Waals surface area (Å²) in [5, 5.41) is 5.57. The third-order valence-electron chi connectivity index (χ3n) is 4.25. The molecule has 0 fully saturated rings. The molecule has 0 aliphatic rings. The minimum absolute atomic E-state index is 0.0503. The third kappa shape index (κ3) is 6.54. The number of hydrogen-bond donors (Lipinski definition) is 2. The Morgan fingerprint density at radius 2 is 1.57 bits per heavy atom. The Bertz CT molecular complexity index is 778. The lowest BCUT2D eigenvalue weighted by atomic mass is 10.0. The van der Waals surface area contributed by atoms with Crippen molar-refractivity contribution in [3.63, 3.8) is 0 Å². The number of amides is 3. The summed E-state index contributed by atoms with van der Waals surface area (Å²) in [4.78, 5) is 38.8. The lowest BCUT2D eigenvalue weighted by molar-refractivity contribution is -0.136. The summed E-state index contributed by atoms with van der Waals surface area (Å²) in [6.45, 7) is 2.48. The maximum Gasteiger partial charge on any atom is 0.251 e. The molecule has 0 saturated carbocycles. The van der Waals surface area contributed by atoms with Crippen molar-refractivity contribution in [2.24, 2.45) is 0 Å². The van der Waals surface area contributed by atoms with Crippen LogP contribution in [0.5, 0.6) is 0 Å². The zero-order valence-corrected chi connectivity index (χ0v) is 16.4. The van der Waals surface area contributed by atoms with E-state index in [1.807, 2.05) is 43.3 Å². The Labute approximate surface area is 165 Å². The van der Waals surface area contributed by atoms with Crippen molar-refractivity contribution < 1.29 is 14.4 Å². The highest BCUT2D eigenvalue weighted by Gasteiger charge is 2.26. The summed E-state index contributed by atoms with van der Waals surface area (Å²) < 4.78 is 0. The zero-order valence-electron chi connectivity index (χ0n) is 16.4. The highest BCUT2D eigenvalue weighted by atomic mass is 16.2. The molecule has 0 unspecified atom stereocenters. The average molecular weight is 381 g/mol. The number of carbonyl (C=O) groups is 3. The number of rotatable bonds is 9. The largest absolute Gasteiger partial charge is 0.355 e. The van der Waals surface area contributed by atoms with Crippen LogP contribution in [-0.2, 0) is 16.0 Å². The molecule has 3 amide bonds. The smallest absolute Gasteiger partial charge is 0.251 e. The van der Waals surface area contributed by atoms with E-state index in [1.54, 1.807) is 31.3 Å². The number of likely N-dealkylation sites (N-methyl/N-ethyl adjacent to an activating group) is 1. The van der Waals surface area contributed by atoms with Crippen LogP contribution in [-0.4, -0.2) is 48.8 Å². The van der Waals surface area contributed by atoms with Crippen LogP contribution in [0.1, 0.15) is 29.3 Å². The normalized spacial score (nSPS) is 11.4. The first-order valence-electron chi connectivity index (χ1n) is 9.42. The molecule has 0 aliphatic heterocycles. The summed E-state index contributed by atoms with van der Waals surface area (Å²) in [5.74, 6) is -0.843. The average Bonchev–Trinajstić information content (AvgIpc) is 2.72. The molecule has 0 radical (unpaired) electrons. The first-order chi connectivity index (χ1) is 13.5. The van der Waals surface area contributed by atoms with E-state index in [0.29, 0.717) is 18.5 Å². The van der Waals surface area contributed by atoms with E-state index in [0.717, 1.165) is 12.0 Å². The Hall–Kier alpha value is -3.15. The number of benzene rings is 2. The predicted molar refractivity (Wildman–Crippen MR) is 109 cm³/mol. The lowest BCUT2D eigenvalue weighted by Gasteiger charge is -2.24. The molecule has 28 heavy (non-hydrogen) atoms. The van der Waals surface area contributed by atoms with Gasteiger partial charge in [0.15, 0.2) is 0 Å². The van der Waals surface area contributed by atoms with Crippen LogP contribution in [0.15, 0.2) is 60.7 Å². The van der Waals surface area contributed by atoms with Gasteiger partial charge in [-0.2, -0.15) is 0 Å². The third-order valence-corrected chi connectivity index (χ3v) is 4.25. The molecule has 1 atom stereocenters. The molecule has 6 nitrogen and oxygen atoms in total. The zero-order chi connectivity index (χ0) is 20.4. The van der Waals surface area contributed by atoms with E-state index in [-0.39, 0.29) is 24.3 Å². The van der Waals surface area contributed by atoms with Crippen LogP contribution in [0.2, 0.25) is 0 Å². The molecule has 2 rings (SSSR count). The van der Waals surface area contributed by atoms with Gasteiger partial charge >= 0.3 is 0 Å². The van der Waals surface area contributed by atoms with E-state index < -0.39 is 6.04 Å². The molecule has 0 spiro atoms. The van der Waals surface area contributed by atoms with Gasteiger partial charge in [0, 0.05) is 25.6 Å². The molecule has 2 aromatic rings. The van der Waals surface area contributed by atoms with E-state index in [9.17, 15) is 14.4 Å². The van der Waals surface area contributed by atoms with Gasteiger partial charge in [-0.25, -0.2) is 0 Å². The molecular formula is C22H27N3O3. The number of carbonyl (C=O) groups excluding carboxylic acids is 3. The summed E-state index contributed by atoms with van der Waals surface area (Å²) in [7, 11) is 1.57. The van der Waals surface area contributed by atoms with Crippen LogP contribution in [0.4, 0.5) is 0 Å². The maximum atomic E-state index is 13.0. The first-order valence-corrected chi connectivity index (χ1v) is 9.42. The predicted octanol–water partition coefficient (Wildman–Crippen LogP) is 2.01. The standard InChI is InChI=1S/C22H27N3O3/c1-3-14-23-20(26)16-25(2)22(28)19(15-17-10-6-4-7-11-17)24-21(27)18-12-8-5-9-13-18/h4-13,19H,3,14-16H2,1-2H3,(H,23,26)(H,24,27)/t19-/m1/s1. The van der Waals surface area contributed by atoms with Gasteiger partial charge in [0.05, 0.1) is 6.54 Å². The maximum absolute atomic E-state index is 13.0. The van der Waals surface area contributed by atoms with Crippen molar-refractivity contribution in [1.82, 2.24) is 15.5 Å². The summed E-state index contributed by atoms with van der Waals surface area (Å²) in [6.07, 6.45) is 1.17. The monoisotopic (exact) mass is 381 g/mol. The number of nitrogens with zero attached hydrogens (tertiary/aromatic N) is 1. The summed E-state index contributed by atoms with van der Waals surface area (Å²) in [6, 6.07) is 17.5. The Morgan fingerprint density at radius 1 is 0.964 bits per heavy atom. The first kappa shape index (κ1) is 21.2. The molecule has 2 aromatic carbocycles. The van der Waals surface area contributed by atoms with Crippen molar-refractivity contribution in [1.29, 1.82) is 0 Å². The van der Waals surface area contributed by atoms with Gasteiger partial charge in [-0.05, 0) is 24.1 Å². The fourth-order valence-corrected chi connectivity index (χ4v) is 2.76. The van der Waals surface area contributed by atoms with E-state index in [1.165, 1.54) is 4.90 Å². The highest BCUT2D eigenvalue weighted by molar-refractivity contribution is 5.98. The Balaban J connectivity index is 2.11. The van der Waals surface area contributed by atoms with Crippen LogP contribution >= 0.6 is 0 Å². The minimum Gasteiger partial charge on any atom is -0.355 e. The fourth-order valence-electron chi connectivity index (χ4n) is 2.76. The molecule has 0 aromatic heterocycles. The van der Waals surface area contributed by atoms with Crippen molar-refractivity contribution in [3.05, 3.63) is 71.8 Å². The molecule has 2 N–H and O–H groups in total. The van der Waals surface area contributed by atoms with Gasteiger partial charge < -0.3 is 15.5 Å². The second-order valence-corrected chi connectivity index (χ2v) is 6.63. The Morgan fingerprint density at radius 3 is 2.18 bits per heavy atom.